The Balaban J connectivity index is 1.57. The lowest BCUT2D eigenvalue weighted by Crippen LogP contribution is -2.61. The maximum atomic E-state index is 13.1. The molecule has 2 aliphatic rings. The number of aromatic nitrogens is 1. The number of likely N-dealkylation sites (tertiary alicyclic amines) is 1. The first kappa shape index (κ1) is 17.3. The van der Waals surface area contributed by atoms with E-state index in [-0.39, 0.29) is 5.91 Å². The third-order valence-electron chi connectivity index (χ3n) is 6.00. The largest absolute Gasteiger partial charge is 0.389 e. The Morgan fingerprint density at radius 1 is 1.15 bits per heavy atom. The molecule has 2 heterocycles. The van der Waals surface area contributed by atoms with E-state index in [1.54, 1.807) is 0 Å². The molecule has 5 nitrogen and oxygen atoms in total. The molecule has 0 spiro atoms. The second kappa shape index (κ2) is 6.56. The van der Waals surface area contributed by atoms with E-state index < -0.39 is 11.6 Å². The highest BCUT2D eigenvalue weighted by Crippen LogP contribution is 2.39. The smallest absolute Gasteiger partial charge is 0.270 e. The number of hydrogen-bond donors (Lipinski definition) is 1. The number of carbonyl (C=O) groups is 1. The fourth-order valence-corrected chi connectivity index (χ4v) is 4.36. The summed E-state index contributed by atoms with van der Waals surface area (Å²) in [6, 6.07) is 14.5. The van der Waals surface area contributed by atoms with Gasteiger partial charge in [-0.2, -0.15) is 0 Å². The molecular weight excluding hydrogens is 326 g/mol. The summed E-state index contributed by atoms with van der Waals surface area (Å²) in [6.07, 6.45) is 4.37. The topological polar surface area (TPSA) is 48.7 Å². The number of amides is 1. The summed E-state index contributed by atoms with van der Waals surface area (Å²) in [5.74, 6) is 0.0290. The predicted molar refractivity (Wildman–Crippen MR) is 101 cm³/mol. The van der Waals surface area contributed by atoms with Crippen LogP contribution in [0.1, 0.15) is 41.4 Å². The van der Waals surface area contributed by atoms with Gasteiger partial charge in [0.2, 0.25) is 0 Å². The molecule has 4 rings (SSSR count). The van der Waals surface area contributed by atoms with Gasteiger partial charge in [-0.25, -0.2) is 0 Å². The molecule has 0 radical (unpaired) electrons. The van der Waals surface area contributed by atoms with Crippen LogP contribution in [0.3, 0.4) is 0 Å². The summed E-state index contributed by atoms with van der Waals surface area (Å²) in [5.41, 5.74) is 1.39. The fraction of sp³-hybridized carbons (Fsp3) is 0.476. The Morgan fingerprint density at radius 3 is 2.50 bits per heavy atom. The number of piperidine rings is 1. The molecule has 1 amide bonds. The van der Waals surface area contributed by atoms with E-state index in [9.17, 15) is 9.90 Å². The molecule has 138 valence electrons. The summed E-state index contributed by atoms with van der Waals surface area (Å²) in [7, 11) is 4.01. The standard InChI is InChI=1S/C21H27N3O2/c1-22(2)21(16-7-4-3-5-8-16)12-14-23(15-19(21)25)20(26)18-9-6-13-24(18)17-10-11-17/h3-9,13,17,19,25H,10-12,14-15H2,1-2H3/t19-,21+/m1/s1. The molecule has 1 saturated heterocycles. The third kappa shape index (κ3) is 2.75. The van der Waals surface area contributed by atoms with E-state index in [4.69, 9.17) is 0 Å². The number of likely N-dealkylation sites (N-methyl/N-ethyl adjacent to an activating group) is 1. The van der Waals surface area contributed by atoms with Crippen LogP contribution in [0.15, 0.2) is 48.7 Å². The highest BCUT2D eigenvalue weighted by molar-refractivity contribution is 5.93. The number of aliphatic hydroxyl groups is 1. The zero-order chi connectivity index (χ0) is 18.3. The molecule has 1 saturated carbocycles. The first-order valence-electron chi connectivity index (χ1n) is 9.41. The van der Waals surface area contributed by atoms with Gasteiger partial charge in [-0.3, -0.25) is 9.69 Å². The average Bonchev–Trinajstić information content (AvgIpc) is 3.38. The van der Waals surface area contributed by atoms with E-state index in [2.05, 4.69) is 21.6 Å². The minimum Gasteiger partial charge on any atom is -0.389 e. The molecule has 0 bridgehead atoms. The van der Waals surface area contributed by atoms with Crippen LogP contribution >= 0.6 is 0 Å². The number of carbonyl (C=O) groups excluding carboxylic acids is 1. The number of hydrogen-bond acceptors (Lipinski definition) is 3. The summed E-state index contributed by atoms with van der Waals surface area (Å²) in [4.78, 5) is 17.0. The van der Waals surface area contributed by atoms with Crippen molar-refractivity contribution in [2.24, 2.45) is 0 Å². The van der Waals surface area contributed by atoms with Crippen LogP contribution in [0.2, 0.25) is 0 Å². The number of benzene rings is 1. The van der Waals surface area contributed by atoms with Gasteiger partial charge in [0.1, 0.15) is 5.69 Å². The lowest BCUT2D eigenvalue weighted by Gasteiger charge is -2.49. The van der Waals surface area contributed by atoms with Crippen LogP contribution in [0, 0.1) is 0 Å². The van der Waals surface area contributed by atoms with Gasteiger partial charge in [-0.1, -0.05) is 30.3 Å². The molecule has 26 heavy (non-hydrogen) atoms. The Morgan fingerprint density at radius 2 is 1.88 bits per heavy atom. The highest BCUT2D eigenvalue weighted by atomic mass is 16.3. The SMILES string of the molecule is CN(C)[C@]1(c2ccccc2)CCN(C(=O)c2cccn2C2CC2)C[C@H]1O. The first-order chi connectivity index (χ1) is 12.5. The van der Waals surface area contributed by atoms with Gasteiger partial charge in [0.25, 0.3) is 5.91 Å². The van der Waals surface area contributed by atoms with E-state index in [1.165, 1.54) is 0 Å². The zero-order valence-corrected chi connectivity index (χ0v) is 15.5. The van der Waals surface area contributed by atoms with Gasteiger partial charge >= 0.3 is 0 Å². The molecule has 1 N–H and O–H groups in total. The van der Waals surface area contributed by atoms with Gasteiger partial charge in [0.15, 0.2) is 0 Å². The maximum Gasteiger partial charge on any atom is 0.270 e. The molecule has 5 heteroatoms. The van der Waals surface area contributed by atoms with Crippen LogP contribution < -0.4 is 0 Å². The Bertz CT molecular complexity index is 782. The Kier molecular flexibility index (Phi) is 4.37. The van der Waals surface area contributed by atoms with E-state index in [0.29, 0.717) is 25.6 Å². The Labute approximate surface area is 154 Å². The van der Waals surface area contributed by atoms with Crippen molar-refractivity contribution < 1.29 is 9.90 Å². The summed E-state index contributed by atoms with van der Waals surface area (Å²) in [6.45, 7) is 0.987. The van der Waals surface area contributed by atoms with Crippen LogP contribution in [0.4, 0.5) is 0 Å². The van der Waals surface area contributed by atoms with E-state index in [0.717, 1.165) is 24.1 Å². The fourth-order valence-electron chi connectivity index (χ4n) is 4.36. The van der Waals surface area contributed by atoms with E-state index >= 15 is 0 Å². The quantitative estimate of drug-likeness (QED) is 0.919. The molecule has 2 aromatic rings. The molecule has 1 aliphatic carbocycles. The van der Waals surface area contributed by atoms with Crippen molar-refractivity contribution in [1.82, 2.24) is 14.4 Å². The molecule has 2 atom stereocenters. The van der Waals surface area contributed by atoms with Crippen molar-refractivity contribution in [3.8, 4) is 0 Å². The molecule has 1 aromatic carbocycles. The first-order valence-corrected chi connectivity index (χ1v) is 9.41. The minimum atomic E-state index is -0.637. The van der Waals surface area contributed by atoms with Crippen molar-refractivity contribution in [2.45, 2.75) is 36.9 Å². The van der Waals surface area contributed by atoms with Crippen LogP contribution in [0.25, 0.3) is 0 Å². The number of β-amino-alcohol motifs (C(OH)–C–C–N with tert-alkyl or cyclic N) is 1. The molecule has 1 aromatic heterocycles. The molecule has 2 fully saturated rings. The van der Waals surface area contributed by atoms with Crippen molar-refractivity contribution in [3.05, 3.63) is 59.9 Å². The van der Waals surface area contributed by atoms with Gasteiger partial charge in [0, 0.05) is 25.3 Å². The van der Waals surface area contributed by atoms with Gasteiger partial charge in [-0.05, 0) is 51.1 Å². The minimum absolute atomic E-state index is 0.0290. The van der Waals surface area contributed by atoms with Crippen LogP contribution in [0.5, 0.6) is 0 Å². The number of rotatable bonds is 4. The lowest BCUT2D eigenvalue weighted by atomic mass is 9.77. The third-order valence-corrected chi connectivity index (χ3v) is 6.00. The number of aliphatic hydroxyl groups excluding tert-OH is 1. The van der Waals surface area contributed by atoms with Crippen LogP contribution in [-0.4, -0.2) is 58.7 Å². The van der Waals surface area contributed by atoms with Crippen molar-refractivity contribution in [3.63, 3.8) is 0 Å². The highest BCUT2D eigenvalue weighted by Gasteiger charge is 2.46. The normalized spacial score (nSPS) is 26.3. The van der Waals surface area contributed by atoms with E-state index in [1.807, 2.05) is 55.5 Å². The lowest BCUT2D eigenvalue weighted by molar-refractivity contribution is -0.0613. The summed E-state index contributed by atoms with van der Waals surface area (Å²) >= 11 is 0. The molecular formula is C21H27N3O2. The monoisotopic (exact) mass is 353 g/mol. The predicted octanol–water partition coefficient (Wildman–Crippen LogP) is 2.49. The average molecular weight is 353 g/mol. The van der Waals surface area contributed by atoms with Crippen molar-refractivity contribution >= 4 is 5.91 Å². The van der Waals surface area contributed by atoms with Crippen molar-refractivity contribution in [2.75, 3.05) is 27.2 Å². The zero-order valence-electron chi connectivity index (χ0n) is 15.5. The second-order valence-corrected chi connectivity index (χ2v) is 7.73. The maximum absolute atomic E-state index is 13.1. The summed E-state index contributed by atoms with van der Waals surface area (Å²) < 4.78 is 2.10. The molecule has 0 unspecified atom stereocenters. The molecule has 1 aliphatic heterocycles. The van der Waals surface area contributed by atoms with Crippen molar-refractivity contribution in [1.29, 1.82) is 0 Å². The second-order valence-electron chi connectivity index (χ2n) is 7.73. The Hall–Kier alpha value is -2.11. The van der Waals surface area contributed by atoms with Gasteiger partial charge in [0.05, 0.1) is 11.6 Å². The van der Waals surface area contributed by atoms with Crippen LogP contribution in [-0.2, 0) is 5.54 Å². The number of nitrogens with zero attached hydrogens (tertiary/aromatic N) is 3. The van der Waals surface area contributed by atoms with Gasteiger partial charge in [-0.15, -0.1) is 0 Å². The summed E-state index contributed by atoms with van der Waals surface area (Å²) in [5, 5.41) is 11.1. The van der Waals surface area contributed by atoms with Gasteiger partial charge < -0.3 is 14.6 Å².